The number of hydrogen-bond acceptors (Lipinski definition) is 2. The van der Waals surface area contributed by atoms with Crippen molar-refractivity contribution in [2.24, 2.45) is 0 Å². The maximum Gasteiger partial charge on any atom is 0.0637 e. The smallest absolute Gasteiger partial charge is 0.0637 e. The van der Waals surface area contributed by atoms with E-state index in [0.717, 1.165) is 10.7 Å². The fraction of sp³-hybridized carbons (Fsp3) is 0.286. The normalized spacial score (nSPS) is 12.5. The second-order valence-corrected chi connectivity index (χ2v) is 5.67. The molecular formula is C14H16ClNS. The Morgan fingerprint density at radius 2 is 2.00 bits per heavy atom. The van der Waals surface area contributed by atoms with Gasteiger partial charge in [0, 0.05) is 4.88 Å². The van der Waals surface area contributed by atoms with Gasteiger partial charge >= 0.3 is 0 Å². The van der Waals surface area contributed by atoms with E-state index < -0.39 is 0 Å². The second kappa shape index (κ2) is 5.11. The minimum atomic E-state index is 0.286. The number of hydrogen-bond donors (Lipinski definition) is 1. The van der Waals surface area contributed by atoms with E-state index in [2.05, 4.69) is 43.6 Å². The molecule has 0 fully saturated rings. The third-order valence-corrected chi connectivity index (χ3v) is 4.32. The number of rotatable bonds is 3. The van der Waals surface area contributed by atoms with Gasteiger partial charge in [-0.1, -0.05) is 17.7 Å². The van der Waals surface area contributed by atoms with E-state index in [4.69, 9.17) is 11.6 Å². The fourth-order valence-electron chi connectivity index (χ4n) is 1.88. The molecule has 0 bridgehead atoms. The summed E-state index contributed by atoms with van der Waals surface area (Å²) in [6.07, 6.45) is 0. The summed E-state index contributed by atoms with van der Waals surface area (Å²) in [5.41, 5.74) is 3.55. The molecule has 17 heavy (non-hydrogen) atoms. The van der Waals surface area contributed by atoms with Crippen LogP contribution < -0.4 is 5.32 Å². The van der Waals surface area contributed by atoms with Gasteiger partial charge in [0.05, 0.1) is 16.8 Å². The monoisotopic (exact) mass is 265 g/mol. The summed E-state index contributed by atoms with van der Waals surface area (Å²) in [4.78, 5) is 1.36. The minimum Gasteiger partial charge on any atom is -0.376 e. The van der Waals surface area contributed by atoms with Gasteiger partial charge in [-0.05, 0) is 55.5 Å². The van der Waals surface area contributed by atoms with Crippen LogP contribution in [0.3, 0.4) is 0 Å². The quantitative estimate of drug-likeness (QED) is 0.805. The Morgan fingerprint density at radius 1 is 1.24 bits per heavy atom. The molecule has 1 aromatic carbocycles. The van der Waals surface area contributed by atoms with Crippen molar-refractivity contribution in [3.63, 3.8) is 0 Å². The standard InChI is InChI=1S/C14H16ClNS/c1-9-4-5-12(15)13(8-9)16-11(3)14-10(2)6-7-17-14/h4-8,11,16H,1-3H3. The molecule has 0 saturated heterocycles. The fourth-order valence-corrected chi connectivity index (χ4v) is 2.98. The average molecular weight is 266 g/mol. The zero-order valence-corrected chi connectivity index (χ0v) is 11.8. The van der Waals surface area contributed by atoms with Gasteiger partial charge in [-0.3, -0.25) is 0 Å². The Labute approximate surface area is 111 Å². The average Bonchev–Trinajstić information content (AvgIpc) is 2.70. The van der Waals surface area contributed by atoms with Crippen molar-refractivity contribution < 1.29 is 0 Å². The van der Waals surface area contributed by atoms with Gasteiger partial charge in [0.1, 0.15) is 0 Å². The van der Waals surface area contributed by atoms with Gasteiger partial charge in [-0.25, -0.2) is 0 Å². The maximum atomic E-state index is 6.18. The van der Waals surface area contributed by atoms with E-state index in [0.29, 0.717) is 0 Å². The summed E-state index contributed by atoms with van der Waals surface area (Å²) >= 11 is 7.96. The number of benzene rings is 1. The van der Waals surface area contributed by atoms with Gasteiger partial charge in [0.15, 0.2) is 0 Å². The molecule has 0 spiro atoms. The molecule has 2 aromatic rings. The Morgan fingerprint density at radius 3 is 2.65 bits per heavy atom. The van der Waals surface area contributed by atoms with E-state index >= 15 is 0 Å². The Hall–Kier alpha value is -0.990. The van der Waals surface area contributed by atoms with E-state index in [1.165, 1.54) is 16.0 Å². The van der Waals surface area contributed by atoms with Crippen LogP contribution in [0.1, 0.15) is 29.0 Å². The first-order chi connectivity index (χ1) is 8.08. The summed E-state index contributed by atoms with van der Waals surface area (Å²) in [5.74, 6) is 0. The molecule has 1 unspecified atom stereocenters. The number of nitrogens with one attached hydrogen (secondary N) is 1. The van der Waals surface area contributed by atoms with Crippen LogP contribution in [-0.2, 0) is 0 Å². The molecule has 0 aliphatic rings. The first kappa shape index (κ1) is 12.5. The van der Waals surface area contributed by atoms with Crippen molar-refractivity contribution in [1.82, 2.24) is 0 Å². The molecule has 0 aliphatic heterocycles. The minimum absolute atomic E-state index is 0.286. The Balaban J connectivity index is 2.21. The summed E-state index contributed by atoms with van der Waals surface area (Å²) in [7, 11) is 0. The number of halogens is 1. The molecule has 1 N–H and O–H groups in total. The van der Waals surface area contributed by atoms with Crippen molar-refractivity contribution in [2.75, 3.05) is 5.32 Å². The molecule has 0 radical (unpaired) electrons. The van der Waals surface area contributed by atoms with Crippen molar-refractivity contribution in [2.45, 2.75) is 26.8 Å². The van der Waals surface area contributed by atoms with Crippen LogP contribution in [0.25, 0.3) is 0 Å². The van der Waals surface area contributed by atoms with Crippen LogP contribution in [0.5, 0.6) is 0 Å². The number of thiophene rings is 1. The lowest BCUT2D eigenvalue weighted by atomic mass is 10.1. The van der Waals surface area contributed by atoms with Crippen molar-refractivity contribution >= 4 is 28.6 Å². The molecule has 0 amide bonds. The molecule has 2 rings (SSSR count). The van der Waals surface area contributed by atoms with Gasteiger partial charge in [0.25, 0.3) is 0 Å². The first-order valence-electron chi connectivity index (χ1n) is 5.64. The molecule has 0 saturated carbocycles. The van der Waals surface area contributed by atoms with E-state index in [9.17, 15) is 0 Å². The van der Waals surface area contributed by atoms with Crippen molar-refractivity contribution in [3.8, 4) is 0 Å². The summed E-state index contributed by atoms with van der Waals surface area (Å²) in [6.45, 7) is 6.38. The second-order valence-electron chi connectivity index (χ2n) is 4.32. The topological polar surface area (TPSA) is 12.0 Å². The van der Waals surface area contributed by atoms with Crippen LogP contribution >= 0.6 is 22.9 Å². The van der Waals surface area contributed by atoms with Crippen molar-refractivity contribution in [1.29, 1.82) is 0 Å². The lowest BCUT2D eigenvalue weighted by Gasteiger charge is -2.16. The van der Waals surface area contributed by atoms with Crippen LogP contribution in [-0.4, -0.2) is 0 Å². The first-order valence-corrected chi connectivity index (χ1v) is 6.90. The van der Waals surface area contributed by atoms with Gasteiger partial charge in [-0.2, -0.15) is 0 Å². The number of aryl methyl sites for hydroxylation is 2. The van der Waals surface area contributed by atoms with Gasteiger partial charge < -0.3 is 5.32 Å². The highest BCUT2D eigenvalue weighted by atomic mass is 35.5. The zero-order chi connectivity index (χ0) is 12.4. The molecule has 1 heterocycles. The lowest BCUT2D eigenvalue weighted by Crippen LogP contribution is -2.06. The Bertz CT molecular complexity index is 519. The summed E-state index contributed by atoms with van der Waals surface area (Å²) < 4.78 is 0. The highest BCUT2D eigenvalue weighted by molar-refractivity contribution is 7.10. The third-order valence-electron chi connectivity index (χ3n) is 2.79. The molecule has 3 heteroatoms. The van der Waals surface area contributed by atoms with Gasteiger partial charge in [-0.15, -0.1) is 11.3 Å². The molecule has 1 aromatic heterocycles. The molecule has 1 atom stereocenters. The lowest BCUT2D eigenvalue weighted by molar-refractivity contribution is 0.899. The van der Waals surface area contributed by atoms with E-state index in [-0.39, 0.29) is 6.04 Å². The van der Waals surface area contributed by atoms with E-state index in [1.54, 1.807) is 11.3 Å². The predicted octanol–water partition coefficient (Wildman–Crippen LogP) is 5.19. The van der Waals surface area contributed by atoms with Crippen LogP contribution in [0.2, 0.25) is 5.02 Å². The molecule has 1 nitrogen and oxygen atoms in total. The highest BCUT2D eigenvalue weighted by Gasteiger charge is 2.11. The SMILES string of the molecule is Cc1ccc(Cl)c(NC(C)c2sccc2C)c1. The third kappa shape index (κ3) is 2.82. The highest BCUT2D eigenvalue weighted by Crippen LogP contribution is 2.30. The van der Waals surface area contributed by atoms with Crippen molar-refractivity contribution in [3.05, 3.63) is 50.7 Å². The molecular weight excluding hydrogens is 250 g/mol. The van der Waals surface area contributed by atoms with Crippen LogP contribution in [0.15, 0.2) is 29.6 Å². The van der Waals surface area contributed by atoms with Crippen LogP contribution in [0, 0.1) is 13.8 Å². The zero-order valence-electron chi connectivity index (χ0n) is 10.3. The Kier molecular flexibility index (Phi) is 3.75. The largest absolute Gasteiger partial charge is 0.376 e. The van der Waals surface area contributed by atoms with Crippen LogP contribution in [0.4, 0.5) is 5.69 Å². The molecule has 0 aliphatic carbocycles. The summed E-state index contributed by atoms with van der Waals surface area (Å²) in [6, 6.07) is 8.48. The number of anilines is 1. The molecule has 90 valence electrons. The summed E-state index contributed by atoms with van der Waals surface area (Å²) in [5, 5.41) is 6.37. The maximum absolute atomic E-state index is 6.18. The predicted molar refractivity (Wildman–Crippen MR) is 77.3 cm³/mol. The van der Waals surface area contributed by atoms with Gasteiger partial charge in [0.2, 0.25) is 0 Å². The van der Waals surface area contributed by atoms with E-state index in [1.807, 2.05) is 12.1 Å².